The van der Waals surface area contributed by atoms with Crippen LogP contribution in [0.4, 0.5) is 13.6 Å². The highest BCUT2D eigenvalue weighted by molar-refractivity contribution is 5.98. The Morgan fingerprint density at radius 3 is 1.97 bits per heavy atom. The number of benzene rings is 2. The second-order valence-electron chi connectivity index (χ2n) is 8.43. The van der Waals surface area contributed by atoms with Gasteiger partial charge in [0.15, 0.2) is 0 Å². The van der Waals surface area contributed by atoms with Crippen molar-refractivity contribution in [1.82, 2.24) is 26.3 Å². The molecule has 0 aliphatic rings. The molecule has 2 aromatic carbocycles. The highest BCUT2D eigenvalue weighted by Crippen LogP contribution is 2.21. The molecule has 0 radical (unpaired) electrons. The number of nitrogens with one attached hydrogen (secondary N) is 4. The number of hydrogen-bond acceptors (Lipinski definition) is 5. The third-order valence-electron chi connectivity index (χ3n) is 5.26. The van der Waals surface area contributed by atoms with Crippen LogP contribution in [0.25, 0.3) is 0 Å². The lowest BCUT2D eigenvalue weighted by Crippen LogP contribution is -2.69. The van der Waals surface area contributed by atoms with Gasteiger partial charge in [-0.25, -0.2) is 19.1 Å². The van der Waals surface area contributed by atoms with Gasteiger partial charge in [0.25, 0.3) is 18.2 Å². The van der Waals surface area contributed by atoms with Gasteiger partial charge in [0, 0.05) is 30.3 Å². The minimum absolute atomic E-state index is 0.0564. The molecule has 0 spiro atoms. The van der Waals surface area contributed by atoms with Crippen LogP contribution in [0.3, 0.4) is 0 Å². The van der Waals surface area contributed by atoms with Gasteiger partial charge in [-0.2, -0.15) is 0 Å². The van der Waals surface area contributed by atoms with E-state index in [1.807, 2.05) is 43.7 Å². The van der Waals surface area contributed by atoms with Crippen LogP contribution >= 0.6 is 0 Å². The molecule has 5 N–H and O–H groups in total. The first kappa shape index (κ1) is 28.2. The average molecular weight is 502 g/mol. The standard InChI is InChI=1S/C25H29F2N5O4/c1-25(23(26)27,30-24(35)28-2)20(22(34)31-36)29-21(33)19-13-11-17(12-14-19)6-5-16-7-9-18(10-8-16)15-32(3)4/h7-14,20,23,36H,15H2,1-4H3,(H,29,33)(H,31,34)(H2,28,30,35)/t20-,25?/m1/s1. The van der Waals surface area contributed by atoms with Gasteiger partial charge >= 0.3 is 6.03 Å². The number of urea groups is 1. The van der Waals surface area contributed by atoms with Crippen molar-refractivity contribution < 1.29 is 28.4 Å². The third-order valence-corrected chi connectivity index (χ3v) is 5.26. The smallest absolute Gasteiger partial charge is 0.315 e. The highest BCUT2D eigenvalue weighted by atomic mass is 19.3. The molecule has 2 atom stereocenters. The number of carbonyl (C=O) groups excluding carboxylic acids is 3. The predicted octanol–water partition coefficient (Wildman–Crippen LogP) is 1.70. The van der Waals surface area contributed by atoms with Gasteiger partial charge in [0.05, 0.1) is 0 Å². The summed E-state index contributed by atoms with van der Waals surface area (Å²) in [6, 6.07) is 10.8. The lowest BCUT2D eigenvalue weighted by atomic mass is 9.91. The molecule has 11 heteroatoms. The molecule has 0 aliphatic heterocycles. The maximum Gasteiger partial charge on any atom is 0.315 e. The van der Waals surface area contributed by atoms with Crippen LogP contribution in [-0.2, 0) is 11.3 Å². The number of alkyl halides is 2. The van der Waals surface area contributed by atoms with E-state index in [1.54, 1.807) is 12.1 Å². The summed E-state index contributed by atoms with van der Waals surface area (Å²) in [7, 11) is 5.17. The van der Waals surface area contributed by atoms with Gasteiger partial charge in [-0.3, -0.25) is 14.8 Å². The second kappa shape index (κ2) is 12.6. The number of hydrogen-bond donors (Lipinski definition) is 5. The molecule has 0 bridgehead atoms. The zero-order valence-corrected chi connectivity index (χ0v) is 20.4. The average Bonchev–Trinajstić information content (AvgIpc) is 2.85. The van der Waals surface area contributed by atoms with Gasteiger partial charge in [-0.05, 0) is 63.0 Å². The van der Waals surface area contributed by atoms with E-state index in [0.29, 0.717) is 5.56 Å². The van der Waals surface area contributed by atoms with Crippen molar-refractivity contribution in [3.8, 4) is 11.8 Å². The first-order chi connectivity index (χ1) is 17.0. The molecule has 0 fully saturated rings. The van der Waals surface area contributed by atoms with Crippen molar-refractivity contribution in [3.05, 3.63) is 70.8 Å². The summed E-state index contributed by atoms with van der Waals surface area (Å²) in [5.41, 5.74) is 1.34. The summed E-state index contributed by atoms with van der Waals surface area (Å²) in [5.74, 6) is 3.80. The van der Waals surface area contributed by atoms with Crippen molar-refractivity contribution in [2.75, 3.05) is 21.1 Å². The van der Waals surface area contributed by atoms with E-state index < -0.39 is 35.9 Å². The van der Waals surface area contributed by atoms with Crippen molar-refractivity contribution in [2.24, 2.45) is 0 Å². The molecule has 0 saturated heterocycles. The SMILES string of the molecule is CNC(=O)NC(C)(C(F)F)[C@H](NC(=O)c1ccc(C#Cc2ccc(CN(C)C)cc2)cc1)C(=O)NO. The summed E-state index contributed by atoms with van der Waals surface area (Å²) in [5, 5.41) is 15.3. The fourth-order valence-corrected chi connectivity index (χ4v) is 3.23. The molecular formula is C25H29F2N5O4. The first-order valence-electron chi connectivity index (χ1n) is 10.9. The summed E-state index contributed by atoms with van der Waals surface area (Å²) >= 11 is 0. The molecule has 2 aromatic rings. The minimum Gasteiger partial charge on any atom is -0.341 e. The molecule has 0 aliphatic carbocycles. The Labute approximate surface area is 208 Å². The quantitative estimate of drug-likeness (QED) is 0.214. The molecule has 2 rings (SSSR count). The van der Waals surface area contributed by atoms with Gasteiger partial charge < -0.3 is 20.9 Å². The van der Waals surface area contributed by atoms with Crippen LogP contribution in [0.15, 0.2) is 48.5 Å². The summed E-state index contributed by atoms with van der Waals surface area (Å²) in [6.07, 6.45) is -3.27. The Balaban J connectivity index is 2.18. The van der Waals surface area contributed by atoms with Crippen LogP contribution in [-0.4, -0.2) is 67.1 Å². The highest BCUT2D eigenvalue weighted by Gasteiger charge is 2.48. The maximum absolute atomic E-state index is 13.9. The van der Waals surface area contributed by atoms with E-state index in [-0.39, 0.29) is 5.56 Å². The zero-order chi connectivity index (χ0) is 26.9. The summed E-state index contributed by atoms with van der Waals surface area (Å²) in [6.45, 7) is 1.69. The third kappa shape index (κ3) is 7.49. The monoisotopic (exact) mass is 501 g/mol. The van der Waals surface area contributed by atoms with E-state index in [1.165, 1.54) is 24.7 Å². The van der Waals surface area contributed by atoms with Crippen molar-refractivity contribution in [1.29, 1.82) is 0 Å². The van der Waals surface area contributed by atoms with Crippen LogP contribution < -0.4 is 21.4 Å². The molecule has 1 unspecified atom stereocenters. The van der Waals surface area contributed by atoms with Crippen LogP contribution in [0.2, 0.25) is 0 Å². The summed E-state index contributed by atoms with van der Waals surface area (Å²) < 4.78 is 27.7. The Bertz CT molecular complexity index is 1130. The zero-order valence-electron chi connectivity index (χ0n) is 20.4. The number of rotatable bonds is 8. The topological polar surface area (TPSA) is 123 Å². The number of nitrogens with zero attached hydrogens (tertiary/aromatic N) is 1. The van der Waals surface area contributed by atoms with E-state index in [9.17, 15) is 23.2 Å². The van der Waals surface area contributed by atoms with Crippen LogP contribution in [0.5, 0.6) is 0 Å². The number of hydroxylamine groups is 1. The Kier molecular flexibility index (Phi) is 9.90. The first-order valence-corrected chi connectivity index (χ1v) is 10.9. The largest absolute Gasteiger partial charge is 0.341 e. The maximum atomic E-state index is 13.9. The number of carbonyl (C=O) groups is 3. The molecule has 0 saturated carbocycles. The van der Waals surface area contributed by atoms with Crippen LogP contribution in [0, 0.1) is 11.8 Å². The Hall–Kier alpha value is -4.01. The van der Waals surface area contributed by atoms with Gasteiger partial charge in [-0.15, -0.1) is 0 Å². The molecule has 0 heterocycles. The second-order valence-corrected chi connectivity index (χ2v) is 8.43. The van der Waals surface area contributed by atoms with E-state index >= 15 is 0 Å². The molecular weight excluding hydrogens is 472 g/mol. The molecule has 9 nitrogen and oxygen atoms in total. The molecule has 0 aromatic heterocycles. The van der Waals surface area contributed by atoms with E-state index in [4.69, 9.17) is 5.21 Å². The van der Waals surface area contributed by atoms with Crippen molar-refractivity contribution in [2.45, 2.75) is 31.5 Å². The lowest BCUT2D eigenvalue weighted by Gasteiger charge is -2.36. The van der Waals surface area contributed by atoms with Crippen LogP contribution in [0.1, 0.15) is 34.0 Å². The van der Waals surface area contributed by atoms with E-state index in [2.05, 4.69) is 27.4 Å². The van der Waals surface area contributed by atoms with Crippen molar-refractivity contribution >= 4 is 17.8 Å². The fraction of sp³-hybridized carbons (Fsp3) is 0.320. The number of halogens is 2. The normalized spacial score (nSPS) is 13.1. The minimum atomic E-state index is -3.27. The fourth-order valence-electron chi connectivity index (χ4n) is 3.23. The van der Waals surface area contributed by atoms with Gasteiger partial charge in [0.2, 0.25) is 0 Å². The summed E-state index contributed by atoms with van der Waals surface area (Å²) in [4.78, 5) is 38.6. The predicted molar refractivity (Wildman–Crippen MR) is 129 cm³/mol. The van der Waals surface area contributed by atoms with E-state index in [0.717, 1.165) is 24.6 Å². The molecule has 36 heavy (non-hydrogen) atoms. The lowest BCUT2D eigenvalue weighted by molar-refractivity contribution is -0.135. The van der Waals surface area contributed by atoms with Gasteiger partial charge in [0.1, 0.15) is 11.6 Å². The van der Waals surface area contributed by atoms with Gasteiger partial charge in [-0.1, -0.05) is 24.0 Å². The molecule has 4 amide bonds. The van der Waals surface area contributed by atoms with Crippen molar-refractivity contribution in [3.63, 3.8) is 0 Å². The Morgan fingerprint density at radius 1 is 1.00 bits per heavy atom. The number of amides is 4. The molecule has 192 valence electrons. The Morgan fingerprint density at radius 2 is 1.53 bits per heavy atom.